The summed E-state index contributed by atoms with van der Waals surface area (Å²) in [5, 5.41) is 21.8. The predicted octanol–water partition coefficient (Wildman–Crippen LogP) is 0.548. The first-order chi connectivity index (χ1) is 9.01. The summed E-state index contributed by atoms with van der Waals surface area (Å²) in [4.78, 5) is 11.2. The van der Waals surface area contributed by atoms with Gasteiger partial charge in [0.1, 0.15) is 11.9 Å². The summed E-state index contributed by atoms with van der Waals surface area (Å²) in [6, 6.07) is 4.18. The van der Waals surface area contributed by atoms with E-state index in [-0.39, 0.29) is 23.7 Å². The minimum Gasteiger partial charge on any atom is -0.382 e. The molecule has 0 saturated heterocycles. The van der Waals surface area contributed by atoms with E-state index >= 15 is 0 Å². The van der Waals surface area contributed by atoms with Crippen molar-refractivity contribution in [3.05, 3.63) is 23.5 Å². The van der Waals surface area contributed by atoms with Crippen LogP contribution in [0.2, 0.25) is 0 Å². The van der Waals surface area contributed by atoms with Gasteiger partial charge in [0.25, 0.3) is 0 Å². The zero-order valence-corrected chi connectivity index (χ0v) is 9.62. The Morgan fingerprint density at radius 1 is 1.63 bits per heavy atom. The van der Waals surface area contributed by atoms with Gasteiger partial charge in [0.2, 0.25) is 11.6 Å². The number of fused-ring (bicyclic) bond motifs is 1. The first-order valence-corrected chi connectivity index (χ1v) is 5.21. The van der Waals surface area contributed by atoms with Crippen LogP contribution in [-0.2, 0) is 11.2 Å². The fourth-order valence-electron chi connectivity index (χ4n) is 1.59. The topological polar surface area (TPSA) is 127 Å². The first-order valence-electron chi connectivity index (χ1n) is 5.21. The first kappa shape index (κ1) is 12.5. The van der Waals surface area contributed by atoms with Crippen LogP contribution < -0.4 is 16.5 Å². The molecule has 0 fully saturated rings. The van der Waals surface area contributed by atoms with E-state index in [4.69, 9.17) is 16.4 Å². The molecule has 5 N–H and O–H groups in total. The molecule has 96 valence electrons. The van der Waals surface area contributed by atoms with Crippen molar-refractivity contribution in [3.8, 4) is 6.07 Å². The summed E-state index contributed by atoms with van der Waals surface area (Å²) in [6.45, 7) is 0. The molecule has 2 rings (SSSR count). The van der Waals surface area contributed by atoms with Crippen molar-refractivity contribution < 1.29 is 9.18 Å². The molecule has 0 saturated carbocycles. The third-order valence-corrected chi connectivity index (χ3v) is 2.47. The van der Waals surface area contributed by atoms with Gasteiger partial charge in [0.15, 0.2) is 5.84 Å². The van der Waals surface area contributed by atoms with Gasteiger partial charge in [-0.2, -0.15) is 10.4 Å². The van der Waals surface area contributed by atoms with Gasteiger partial charge in [0, 0.05) is 5.69 Å². The number of carbonyl (C=O) groups is 1. The molecule has 0 radical (unpaired) electrons. The van der Waals surface area contributed by atoms with E-state index in [0.29, 0.717) is 11.3 Å². The molecule has 0 spiro atoms. The van der Waals surface area contributed by atoms with E-state index < -0.39 is 11.7 Å². The number of hydrazone groups is 1. The van der Waals surface area contributed by atoms with Crippen molar-refractivity contribution in [3.63, 3.8) is 0 Å². The largest absolute Gasteiger partial charge is 0.382 e. The van der Waals surface area contributed by atoms with Crippen molar-refractivity contribution in [1.82, 2.24) is 0 Å². The van der Waals surface area contributed by atoms with Crippen molar-refractivity contribution in [2.45, 2.75) is 6.42 Å². The van der Waals surface area contributed by atoms with Gasteiger partial charge >= 0.3 is 0 Å². The van der Waals surface area contributed by atoms with Gasteiger partial charge in [-0.05, 0) is 17.7 Å². The number of rotatable bonds is 3. The van der Waals surface area contributed by atoms with Crippen LogP contribution in [-0.4, -0.2) is 17.5 Å². The summed E-state index contributed by atoms with van der Waals surface area (Å²) in [6.07, 6.45) is 0.132. The maximum atomic E-state index is 13.7. The molecule has 0 atom stereocenters. The summed E-state index contributed by atoms with van der Waals surface area (Å²) < 4.78 is 13.7. The highest BCUT2D eigenvalue weighted by Crippen LogP contribution is 2.28. The second-order valence-corrected chi connectivity index (χ2v) is 3.81. The van der Waals surface area contributed by atoms with E-state index in [9.17, 15) is 9.18 Å². The second-order valence-electron chi connectivity index (χ2n) is 3.81. The lowest BCUT2D eigenvalue weighted by Crippen LogP contribution is -2.22. The number of amides is 1. The van der Waals surface area contributed by atoms with Gasteiger partial charge in [-0.15, -0.1) is 0 Å². The molecule has 0 aliphatic carbocycles. The van der Waals surface area contributed by atoms with Crippen molar-refractivity contribution in [1.29, 1.82) is 10.7 Å². The lowest BCUT2D eigenvalue weighted by molar-refractivity contribution is -0.115. The Hall–Kier alpha value is -2.95. The smallest absolute Gasteiger partial charge is 0.228 e. The molecule has 1 amide bonds. The van der Waals surface area contributed by atoms with Gasteiger partial charge in [-0.3, -0.25) is 15.6 Å². The average Bonchev–Trinajstić information content (AvgIpc) is 2.68. The fraction of sp³-hybridized carbons (Fsp3) is 0.0909. The number of hydrogen-bond donors (Lipinski definition) is 4. The second kappa shape index (κ2) is 4.73. The maximum absolute atomic E-state index is 13.7. The van der Waals surface area contributed by atoms with E-state index in [1.165, 1.54) is 12.1 Å². The lowest BCUT2D eigenvalue weighted by atomic mass is 10.1. The minimum absolute atomic E-state index is 0.0186. The van der Waals surface area contributed by atoms with Crippen LogP contribution in [0, 0.1) is 22.6 Å². The molecular formula is C11H9FN6O. The van der Waals surface area contributed by atoms with E-state index in [2.05, 4.69) is 15.8 Å². The number of nitriles is 1. The van der Waals surface area contributed by atoms with Crippen molar-refractivity contribution >= 4 is 28.8 Å². The minimum atomic E-state index is -0.611. The SMILES string of the molecule is N#C/C(=N\Nc1cc2c(cc1F)CC(=O)N2)C(=N)N. The quantitative estimate of drug-likeness (QED) is 0.359. The number of benzene rings is 1. The third kappa shape index (κ3) is 2.50. The molecule has 1 aliphatic rings. The maximum Gasteiger partial charge on any atom is 0.228 e. The molecule has 0 unspecified atom stereocenters. The zero-order chi connectivity index (χ0) is 14.0. The molecule has 1 aromatic rings. The van der Waals surface area contributed by atoms with Crippen LogP contribution in [0.1, 0.15) is 5.56 Å². The molecule has 19 heavy (non-hydrogen) atoms. The van der Waals surface area contributed by atoms with Crippen LogP contribution in [0.15, 0.2) is 17.2 Å². The highest BCUT2D eigenvalue weighted by atomic mass is 19.1. The Labute approximate surface area is 107 Å². The number of carbonyl (C=O) groups excluding carboxylic acids is 1. The molecule has 0 bridgehead atoms. The zero-order valence-electron chi connectivity index (χ0n) is 9.62. The summed E-state index contributed by atoms with van der Waals surface area (Å²) in [7, 11) is 0. The summed E-state index contributed by atoms with van der Waals surface area (Å²) in [5.41, 5.74) is 8.08. The average molecular weight is 260 g/mol. The number of anilines is 2. The van der Waals surface area contributed by atoms with Gasteiger partial charge in [0.05, 0.1) is 12.1 Å². The Morgan fingerprint density at radius 3 is 3.00 bits per heavy atom. The van der Waals surface area contributed by atoms with Crippen LogP contribution in [0.25, 0.3) is 0 Å². The Bertz CT molecular complexity index is 645. The van der Waals surface area contributed by atoms with E-state index in [0.717, 1.165) is 0 Å². The van der Waals surface area contributed by atoms with E-state index in [1.54, 1.807) is 6.07 Å². The van der Waals surface area contributed by atoms with Gasteiger partial charge in [-0.25, -0.2) is 4.39 Å². The van der Waals surface area contributed by atoms with Crippen LogP contribution >= 0.6 is 0 Å². The number of nitrogens with two attached hydrogens (primary N) is 1. The lowest BCUT2D eigenvalue weighted by Gasteiger charge is -2.06. The molecule has 1 aromatic carbocycles. The molecular weight excluding hydrogens is 251 g/mol. The highest BCUT2D eigenvalue weighted by Gasteiger charge is 2.20. The van der Waals surface area contributed by atoms with Crippen LogP contribution in [0.3, 0.4) is 0 Å². The molecule has 0 aromatic heterocycles. The van der Waals surface area contributed by atoms with E-state index in [1.807, 2.05) is 0 Å². The number of amidine groups is 1. The number of hydrogen-bond acceptors (Lipinski definition) is 5. The van der Waals surface area contributed by atoms with Crippen LogP contribution in [0.5, 0.6) is 0 Å². The molecule has 1 aliphatic heterocycles. The standard InChI is InChI=1S/C11H9FN6O/c12-6-1-5-2-10(19)16-7(5)3-8(6)17-18-9(4-13)11(14)15/h1,3,17H,2H2,(H3,14,15)(H,16,19)/b18-9+. The Balaban J connectivity index is 2.28. The highest BCUT2D eigenvalue weighted by molar-refractivity contribution is 6.45. The number of nitrogens with zero attached hydrogens (tertiary/aromatic N) is 2. The van der Waals surface area contributed by atoms with Crippen molar-refractivity contribution in [2.75, 3.05) is 10.7 Å². The molecule has 8 heteroatoms. The summed E-state index contributed by atoms with van der Waals surface area (Å²) in [5.74, 6) is -1.35. The molecule has 1 heterocycles. The fourth-order valence-corrected chi connectivity index (χ4v) is 1.59. The summed E-state index contributed by atoms with van der Waals surface area (Å²) >= 11 is 0. The molecule has 7 nitrogen and oxygen atoms in total. The number of nitrogens with one attached hydrogen (secondary N) is 3. The predicted molar refractivity (Wildman–Crippen MR) is 67.3 cm³/mol. The van der Waals surface area contributed by atoms with Crippen molar-refractivity contribution in [2.24, 2.45) is 10.8 Å². The van der Waals surface area contributed by atoms with Gasteiger partial charge in [-0.1, -0.05) is 0 Å². The Kier molecular flexibility index (Phi) is 3.12. The normalized spacial score (nSPS) is 13.5. The third-order valence-electron chi connectivity index (χ3n) is 2.47. The van der Waals surface area contributed by atoms with Crippen LogP contribution in [0.4, 0.5) is 15.8 Å². The Morgan fingerprint density at radius 2 is 2.37 bits per heavy atom. The monoisotopic (exact) mass is 260 g/mol. The van der Waals surface area contributed by atoms with Gasteiger partial charge < -0.3 is 11.1 Å². The number of halogens is 1.